The molecular weight excluding hydrogens is 396 g/mol. The summed E-state index contributed by atoms with van der Waals surface area (Å²) >= 11 is 5.69. The smallest absolute Gasteiger partial charge is 0.279 e. The van der Waals surface area contributed by atoms with Crippen molar-refractivity contribution in [1.82, 2.24) is 14.3 Å². The molecule has 0 atom stereocenters. The van der Waals surface area contributed by atoms with Crippen molar-refractivity contribution in [1.29, 1.82) is 0 Å². The van der Waals surface area contributed by atoms with Crippen molar-refractivity contribution in [2.45, 2.75) is 52.7 Å². The second-order valence-electron chi connectivity index (χ2n) is 8.79. The summed E-state index contributed by atoms with van der Waals surface area (Å²) in [5.74, 6) is 1.26. The third-order valence-electron chi connectivity index (χ3n) is 6.61. The molecule has 8 heteroatoms. The molecule has 2 aliphatic heterocycles. The van der Waals surface area contributed by atoms with Gasteiger partial charge in [-0.2, -0.15) is 9.78 Å². The number of hydrogen-bond acceptors (Lipinski definition) is 3. The zero-order chi connectivity index (χ0) is 21.1. The summed E-state index contributed by atoms with van der Waals surface area (Å²) in [5.41, 5.74) is 3.27. The average molecular weight is 431 g/mol. The SMILES string of the molecule is Cc1cccc(NC(=O)C[NH+]2CC[NH+](Cn3nc4n(c3=S)CCCCC4)CC2)c1C. The van der Waals surface area contributed by atoms with Gasteiger partial charge in [0.15, 0.2) is 13.2 Å². The lowest BCUT2D eigenvalue weighted by Gasteiger charge is -2.29. The van der Waals surface area contributed by atoms with Gasteiger partial charge in [-0.25, -0.2) is 0 Å². The number of aromatic nitrogens is 3. The second kappa shape index (κ2) is 9.41. The number of piperazine rings is 1. The van der Waals surface area contributed by atoms with E-state index in [9.17, 15) is 4.79 Å². The number of quaternary nitrogens is 2. The van der Waals surface area contributed by atoms with E-state index in [-0.39, 0.29) is 5.91 Å². The van der Waals surface area contributed by atoms with Crippen LogP contribution in [0.1, 0.15) is 36.2 Å². The van der Waals surface area contributed by atoms with Crippen LogP contribution in [0, 0.1) is 18.6 Å². The van der Waals surface area contributed by atoms with E-state index >= 15 is 0 Å². The van der Waals surface area contributed by atoms with Crippen molar-refractivity contribution in [3.63, 3.8) is 0 Å². The molecule has 1 saturated heterocycles. The van der Waals surface area contributed by atoms with Gasteiger partial charge >= 0.3 is 0 Å². The number of nitrogens with one attached hydrogen (secondary N) is 3. The van der Waals surface area contributed by atoms with Crippen LogP contribution in [0.5, 0.6) is 0 Å². The van der Waals surface area contributed by atoms with Crippen molar-refractivity contribution in [3.8, 4) is 0 Å². The maximum atomic E-state index is 12.5. The molecule has 0 spiro atoms. The fourth-order valence-corrected chi connectivity index (χ4v) is 4.84. The fraction of sp³-hybridized carbons (Fsp3) is 0.591. The van der Waals surface area contributed by atoms with E-state index in [1.54, 1.807) is 0 Å². The van der Waals surface area contributed by atoms with Gasteiger partial charge in [0, 0.05) is 18.7 Å². The quantitative estimate of drug-likeness (QED) is 0.592. The normalized spacial score (nSPS) is 21.7. The predicted octanol–water partition coefficient (Wildman–Crippen LogP) is 0.137. The highest BCUT2D eigenvalue weighted by Gasteiger charge is 2.26. The molecule has 0 bridgehead atoms. The van der Waals surface area contributed by atoms with Crippen LogP contribution in [-0.4, -0.2) is 53.0 Å². The summed E-state index contributed by atoms with van der Waals surface area (Å²) in [6.07, 6.45) is 4.72. The monoisotopic (exact) mass is 430 g/mol. The highest BCUT2D eigenvalue weighted by molar-refractivity contribution is 7.71. The molecule has 162 valence electrons. The van der Waals surface area contributed by atoms with Crippen LogP contribution in [0.3, 0.4) is 0 Å². The summed E-state index contributed by atoms with van der Waals surface area (Å²) in [7, 11) is 0. The Morgan fingerprint density at radius 3 is 2.70 bits per heavy atom. The number of rotatable bonds is 5. The first-order chi connectivity index (χ1) is 14.5. The summed E-state index contributed by atoms with van der Waals surface area (Å²) in [4.78, 5) is 15.4. The number of nitrogens with zero attached hydrogens (tertiary/aromatic N) is 3. The van der Waals surface area contributed by atoms with Crippen LogP contribution in [0.4, 0.5) is 5.69 Å². The zero-order valence-electron chi connectivity index (χ0n) is 18.2. The van der Waals surface area contributed by atoms with Crippen LogP contribution >= 0.6 is 12.2 Å². The Bertz CT molecular complexity index is 957. The molecule has 2 aromatic rings. The van der Waals surface area contributed by atoms with Gasteiger partial charge in [0.05, 0.1) is 0 Å². The van der Waals surface area contributed by atoms with Gasteiger partial charge in [-0.1, -0.05) is 18.6 Å². The minimum atomic E-state index is 0.0993. The minimum Gasteiger partial charge on any atom is -0.321 e. The van der Waals surface area contributed by atoms with Crippen LogP contribution in [0.2, 0.25) is 0 Å². The van der Waals surface area contributed by atoms with Gasteiger partial charge in [-0.3, -0.25) is 4.79 Å². The minimum absolute atomic E-state index is 0.0993. The Kier molecular flexibility index (Phi) is 6.65. The summed E-state index contributed by atoms with van der Waals surface area (Å²) in [6, 6.07) is 6.05. The highest BCUT2D eigenvalue weighted by atomic mass is 32.1. The summed E-state index contributed by atoms with van der Waals surface area (Å²) < 4.78 is 5.15. The second-order valence-corrected chi connectivity index (χ2v) is 9.16. The Labute approximate surface area is 183 Å². The molecule has 0 radical (unpaired) electrons. The largest absolute Gasteiger partial charge is 0.321 e. The van der Waals surface area contributed by atoms with Gasteiger partial charge < -0.3 is 19.7 Å². The molecule has 1 aromatic heterocycles. The first-order valence-electron chi connectivity index (χ1n) is 11.2. The summed E-state index contributed by atoms with van der Waals surface area (Å²) in [5, 5.41) is 7.91. The van der Waals surface area contributed by atoms with E-state index in [1.165, 1.54) is 34.6 Å². The third-order valence-corrected chi connectivity index (χ3v) is 7.04. The Balaban J connectivity index is 1.28. The van der Waals surface area contributed by atoms with E-state index in [4.69, 9.17) is 17.3 Å². The van der Waals surface area contributed by atoms with Crippen LogP contribution in [0.15, 0.2) is 18.2 Å². The van der Waals surface area contributed by atoms with Crippen molar-refractivity contribution < 1.29 is 14.6 Å². The molecule has 1 aromatic carbocycles. The van der Waals surface area contributed by atoms with Gasteiger partial charge in [-0.15, -0.1) is 0 Å². The topological polar surface area (TPSA) is 60.7 Å². The molecule has 2 aliphatic rings. The third kappa shape index (κ3) is 4.82. The lowest BCUT2D eigenvalue weighted by atomic mass is 10.1. The number of aryl methyl sites for hydroxylation is 2. The fourth-order valence-electron chi connectivity index (χ4n) is 4.54. The standard InChI is InChI=1S/C22H32N6OS/c1-17-7-6-8-19(18(17)2)23-21(29)15-25-11-13-26(14-12-25)16-28-22(30)27-10-5-3-4-9-20(27)24-28/h6-8H,3-5,9-16H2,1-2H3,(H,23,29)/p+2. The van der Waals surface area contributed by atoms with Crippen LogP contribution in [0.25, 0.3) is 0 Å². The Morgan fingerprint density at radius 1 is 1.13 bits per heavy atom. The number of amides is 1. The molecule has 1 fully saturated rings. The average Bonchev–Trinajstić information content (AvgIpc) is 2.89. The van der Waals surface area contributed by atoms with Crippen molar-refractivity contribution >= 4 is 23.8 Å². The molecule has 0 unspecified atom stereocenters. The number of carbonyl (C=O) groups is 1. The van der Waals surface area contributed by atoms with Crippen LogP contribution < -0.4 is 15.1 Å². The molecule has 3 N–H and O–H groups in total. The molecule has 4 rings (SSSR count). The first-order valence-corrected chi connectivity index (χ1v) is 11.6. The van der Waals surface area contributed by atoms with Crippen molar-refractivity contribution in [3.05, 3.63) is 39.9 Å². The molecular formula is C22H34N6OS+2. The molecule has 30 heavy (non-hydrogen) atoms. The summed E-state index contributed by atoms with van der Waals surface area (Å²) in [6.45, 7) is 10.6. The van der Waals surface area contributed by atoms with E-state index < -0.39 is 0 Å². The number of hydrogen-bond donors (Lipinski definition) is 3. The lowest BCUT2D eigenvalue weighted by molar-refractivity contribution is -1.02. The van der Waals surface area contributed by atoms with E-state index in [0.717, 1.165) is 67.7 Å². The highest BCUT2D eigenvalue weighted by Crippen LogP contribution is 2.17. The van der Waals surface area contributed by atoms with Gasteiger partial charge in [0.1, 0.15) is 32.0 Å². The van der Waals surface area contributed by atoms with Gasteiger partial charge in [0.25, 0.3) is 5.91 Å². The number of fused-ring (bicyclic) bond motifs is 1. The molecule has 3 heterocycles. The molecule has 0 aliphatic carbocycles. The van der Waals surface area contributed by atoms with Gasteiger partial charge in [0.2, 0.25) is 4.77 Å². The Hall–Kier alpha value is -2.03. The van der Waals surface area contributed by atoms with E-state index in [0.29, 0.717) is 6.54 Å². The lowest BCUT2D eigenvalue weighted by Crippen LogP contribution is -3.28. The number of anilines is 1. The predicted molar refractivity (Wildman–Crippen MR) is 119 cm³/mol. The van der Waals surface area contributed by atoms with E-state index in [1.807, 2.05) is 16.8 Å². The maximum Gasteiger partial charge on any atom is 0.279 e. The number of benzene rings is 1. The number of carbonyl (C=O) groups excluding carboxylic acids is 1. The van der Waals surface area contributed by atoms with Crippen molar-refractivity contribution in [2.24, 2.45) is 0 Å². The van der Waals surface area contributed by atoms with Crippen LogP contribution in [-0.2, 0) is 24.4 Å². The molecule has 1 amide bonds. The van der Waals surface area contributed by atoms with Crippen molar-refractivity contribution in [2.75, 3.05) is 38.0 Å². The molecule has 0 saturated carbocycles. The van der Waals surface area contributed by atoms with Gasteiger partial charge in [-0.05, 0) is 56.1 Å². The maximum absolute atomic E-state index is 12.5. The zero-order valence-corrected chi connectivity index (χ0v) is 19.0. The first kappa shape index (κ1) is 21.2. The molecule has 7 nitrogen and oxygen atoms in total. The Morgan fingerprint density at radius 2 is 1.90 bits per heavy atom. The van der Waals surface area contributed by atoms with E-state index in [2.05, 4.69) is 29.8 Å².